The second kappa shape index (κ2) is 10.6. The molecule has 2 atom stereocenters. The summed E-state index contributed by atoms with van der Waals surface area (Å²) in [6.45, 7) is 11.2. The molecule has 35 heavy (non-hydrogen) atoms. The van der Waals surface area contributed by atoms with Gasteiger partial charge in [-0.15, -0.1) is 0 Å². The minimum absolute atomic E-state index is 0.103. The van der Waals surface area contributed by atoms with Crippen molar-refractivity contribution in [1.29, 1.82) is 0 Å². The lowest BCUT2D eigenvalue weighted by Crippen LogP contribution is -2.47. The van der Waals surface area contributed by atoms with Gasteiger partial charge >= 0.3 is 5.97 Å². The molecule has 1 aromatic rings. The molecular weight excluding hydrogens is 444 g/mol. The first-order chi connectivity index (χ1) is 16.4. The predicted molar refractivity (Wildman–Crippen MR) is 136 cm³/mol. The van der Waals surface area contributed by atoms with Crippen LogP contribution in [0.4, 0.5) is 0 Å². The SMILES string of the molecule is CCCCCCC(C)(C)c1cc(OC(=O)C(C)(CO)CO)c2c(c1)OC(C)(C)[C@@H]1CCC(=O)C[C@@H]21. The Labute approximate surface area is 210 Å². The number of carbonyl (C=O) groups excluding carboxylic acids is 2. The number of aliphatic hydroxyl groups excluding tert-OH is 2. The van der Waals surface area contributed by atoms with E-state index >= 15 is 0 Å². The van der Waals surface area contributed by atoms with E-state index in [1.165, 1.54) is 26.2 Å². The van der Waals surface area contributed by atoms with E-state index in [0.29, 0.717) is 24.3 Å². The van der Waals surface area contributed by atoms with Gasteiger partial charge in [-0.05, 0) is 56.7 Å². The summed E-state index contributed by atoms with van der Waals surface area (Å²) in [5.74, 6) is 0.600. The van der Waals surface area contributed by atoms with Crippen molar-refractivity contribution in [3.05, 3.63) is 23.3 Å². The maximum atomic E-state index is 13.1. The number of fused-ring (bicyclic) bond motifs is 3. The monoisotopic (exact) mass is 488 g/mol. The highest BCUT2D eigenvalue weighted by molar-refractivity contribution is 5.82. The van der Waals surface area contributed by atoms with Crippen molar-refractivity contribution in [2.24, 2.45) is 11.3 Å². The Hall–Kier alpha value is -1.92. The molecule has 196 valence electrons. The predicted octanol–water partition coefficient (Wildman–Crippen LogP) is 5.45. The van der Waals surface area contributed by atoms with E-state index in [-0.39, 0.29) is 23.0 Å². The molecule has 0 saturated heterocycles. The fraction of sp³-hybridized carbons (Fsp3) is 0.724. The first-order valence-corrected chi connectivity index (χ1v) is 13.2. The van der Waals surface area contributed by atoms with Gasteiger partial charge in [-0.3, -0.25) is 9.59 Å². The van der Waals surface area contributed by atoms with Gasteiger partial charge in [0.15, 0.2) is 0 Å². The maximum Gasteiger partial charge on any atom is 0.321 e. The first-order valence-electron chi connectivity index (χ1n) is 13.2. The molecule has 3 rings (SSSR count). The van der Waals surface area contributed by atoms with E-state index in [2.05, 4.69) is 40.7 Å². The molecule has 2 N–H and O–H groups in total. The van der Waals surface area contributed by atoms with Crippen molar-refractivity contribution in [3.63, 3.8) is 0 Å². The Kier molecular flexibility index (Phi) is 8.37. The number of ether oxygens (including phenoxy) is 2. The molecule has 1 aliphatic carbocycles. The molecule has 0 radical (unpaired) electrons. The van der Waals surface area contributed by atoms with Crippen LogP contribution in [-0.4, -0.2) is 40.8 Å². The average molecular weight is 489 g/mol. The highest BCUT2D eigenvalue weighted by atomic mass is 16.5. The van der Waals surface area contributed by atoms with Crippen LogP contribution in [0.5, 0.6) is 11.5 Å². The smallest absolute Gasteiger partial charge is 0.321 e. The normalized spacial score (nSPS) is 21.7. The molecule has 1 aromatic carbocycles. The highest BCUT2D eigenvalue weighted by Gasteiger charge is 2.48. The zero-order chi connectivity index (χ0) is 26.0. The number of ketones is 1. The van der Waals surface area contributed by atoms with E-state index in [4.69, 9.17) is 9.47 Å². The summed E-state index contributed by atoms with van der Waals surface area (Å²) in [7, 11) is 0. The second-order valence-corrected chi connectivity index (χ2v) is 12.0. The Morgan fingerprint density at radius 2 is 1.83 bits per heavy atom. The molecule has 0 aromatic heterocycles. The molecule has 1 aliphatic heterocycles. The maximum absolute atomic E-state index is 13.1. The Balaban J connectivity index is 2.09. The molecule has 1 fully saturated rings. The largest absolute Gasteiger partial charge is 0.487 e. The third-order valence-corrected chi connectivity index (χ3v) is 8.24. The minimum Gasteiger partial charge on any atom is -0.487 e. The van der Waals surface area contributed by atoms with E-state index in [9.17, 15) is 19.8 Å². The molecule has 1 saturated carbocycles. The molecule has 0 bridgehead atoms. The summed E-state index contributed by atoms with van der Waals surface area (Å²) >= 11 is 0. The molecule has 6 nitrogen and oxygen atoms in total. The van der Waals surface area contributed by atoms with Crippen molar-refractivity contribution >= 4 is 11.8 Å². The summed E-state index contributed by atoms with van der Waals surface area (Å²) in [5, 5.41) is 19.5. The number of Topliss-reactive ketones (excluding diaryl/α,β-unsaturated/α-hetero) is 1. The van der Waals surface area contributed by atoms with Crippen LogP contribution in [0.15, 0.2) is 12.1 Å². The van der Waals surface area contributed by atoms with E-state index in [1.807, 2.05) is 6.07 Å². The fourth-order valence-electron chi connectivity index (χ4n) is 5.57. The standard InChI is InChI=1S/C29H44O6/c1-7-8-9-10-13-27(2,3)19-14-23(34-26(33)29(6,17-30)18-31)25-21-16-20(32)11-12-22(21)28(4,5)35-24(25)15-19/h14-15,21-22,30-31H,7-13,16-18H2,1-6H3/t21-,22-/m1/s1. The number of hydrogen-bond donors (Lipinski definition) is 2. The van der Waals surface area contributed by atoms with Crippen LogP contribution in [0.2, 0.25) is 0 Å². The van der Waals surface area contributed by atoms with Gasteiger partial charge in [0.05, 0.1) is 13.2 Å². The summed E-state index contributed by atoms with van der Waals surface area (Å²) in [5.41, 5.74) is -0.266. The van der Waals surface area contributed by atoms with Crippen LogP contribution in [0.25, 0.3) is 0 Å². The summed E-state index contributed by atoms with van der Waals surface area (Å²) in [6.07, 6.45) is 7.31. The quantitative estimate of drug-likeness (QED) is 0.258. The van der Waals surface area contributed by atoms with E-state index in [1.54, 1.807) is 0 Å². The van der Waals surface area contributed by atoms with E-state index in [0.717, 1.165) is 30.4 Å². The van der Waals surface area contributed by atoms with Gasteiger partial charge in [-0.1, -0.05) is 46.5 Å². The minimum atomic E-state index is -1.42. The Bertz CT molecular complexity index is 927. The molecule has 0 unspecified atom stereocenters. The van der Waals surface area contributed by atoms with Crippen molar-refractivity contribution in [1.82, 2.24) is 0 Å². The van der Waals surface area contributed by atoms with Gasteiger partial charge in [-0.25, -0.2) is 0 Å². The van der Waals surface area contributed by atoms with Gasteiger partial charge in [0, 0.05) is 30.2 Å². The second-order valence-electron chi connectivity index (χ2n) is 12.0. The summed E-state index contributed by atoms with van der Waals surface area (Å²) in [6, 6.07) is 3.99. The van der Waals surface area contributed by atoms with Crippen LogP contribution < -0.4 is 9.47 Å². The van der Waals surface area contributed by atoms with Gasteiger partial charge in [0.1, 0.15) is 28.3 Å². The fourth-order valence-corrected chi connectivity index (χ4v) is 5.57. The third kappa shape index (κ3) is 5.75. The Morgan fingerprint density at radius 1 is 1.14 bits per heavy atom. The lowest BCUT2D eigenvalue weighted by atomic mass is 9.66. The van der Waals surface area contributed by atoms with Gasteiger partial charge in [0.2, 0.25) is 0 Å². The lowest BCUT2D eigenvalue weighted by Gasteiger charge is -2.47. The van der Waals surface area contributed by atoms with Crippen LogP contribution in [-0.2, 0) is 15.0 Å². The van der Waals surface area contributed by atoms with Gasteiger partial charge < -0.3 is 19.7 Å². The van der Waals surface area contributed by atoms with Crippen molar-refractivity contribution in [2.45, 2.75) is 110 Å². The number of carbonyl (C=O) groups is 2. The highest BCUT2D eigenvalue weighted by Crippen LogP contribution is 2.55. The van der Waals surface area contributed by atoms with Crippen LogP contribution in [0.3, 0.4) is 0 Å². The lowest BCUT2D eigenvalue weighted by molar-refractivity contribution is -0.150. The molecule has 2 aliphatic rings. The van der Waals surface area contributed by atoms with Gasteiger partial charge in [-0.2, -0.15) is 0 Å². The third-order valence-electron chi connectivity index (χ3n) is 8.24. The molecule has 6 heteroatoms. The number of rotatable bonds is 10. The number of hydrogen-bond acceptors (Lipinski definition) is 6. The zero-order valence-electron chi connectivity index (χ0n) is 22.4. The van der Waals surface area contributed by atoms with Crippen LogP contribution >= 0.6 is 0 Å². The van der Waals surface area contributed by atoms with Crippen molar-refractivity contribution in [3.8, 4) is 11.5 Å². The molecule has 0 amide bonds. The summed E-state index contributed by atoms with van der Waals surface area (Å²) < 4.78 is 12.5. The van der Waals surface area contributed by atoms with Gasteiger partial charge in [0.25, 0.3) is 0 Å². The number of benzene rings is 1. The average Bonchev–Trinajstić information content (AvgIpc) is 2.80. The number of unbranched alkanes of at least 4 members (excludes halogenated alkanes) is 3. The van der Waals surface area contributed by atoms with Crippen molar-refractivity contribution in [2.75, 3.05) is 13.2 Å². The molecular formula is C29H44O6. The number of aliphatic hydroxyl groups is 2. The first kappa shape index (κ1) is 27.7. The van der Waals surface area contributed by atoms with E-state index < -0.39 is 30.2 Å². The van der Waals surface area contributed by atoms with Crippen LogP contribution in [0.1, 0.15) is 110 Å². The zero-order valence-corrected chi connectivity index (χ0v) is 22.4. The summed E-state index contributed by atoms with van der Waals surface area (Å²) in [4.78, 5) is 25.6. The molecule has 1 heterocycles. The van der Waals surface area contributed by atoms with Crippen LogP contribution in [0, 0.1) is 11.3 Å². The topological polar surface area (TPSA) is 93.1 Å². The van der Waals surface area contributed by atoms with Crippen molar-refractivity contribution < 1.29 is 29.3 Å². The Morgan fingerprint density at radius 3 is 2.46 bits per heavy atom. The molecule has 0 spiro atoms. The number of esters is 1.